The smallest absolute Gasteiger partial charge is 0.230 e. The van der Waals surface area contributed by atoms with E-state index < -0.39 is 0 Å². The summed E-state index contributed by atoms with van der Waals surface area (Å²) in [6.07, 6.45) is 1.61. The van der Waals surface area contributed by atoms with E-state index in [-0.39, 0.29) is 12.5 Å². The largest absolute Gasteiger partial charge is 0.468 e. The fraction of sp³-hybridized carbons (Fsp3) is 0.444. The van der Waals surface area contributed by atoms with Gasteiger partial charge in [-0.3, -0.25) is 4.79 Å². The van der Waals surface area contributed by atoms with Gasteiger partial charge < -0.3 is 14.8 Å². The first-order valence-electron chi connectivity index (χ1n) is 4.30. The predicted molar refractivity (Wildman–Crippen MR) is 55.0 cm³/mol. The van der Waals surface area contributed by atoms with Gasteiger partial charge in [0.2, 0.25) is 5.91 Å². The third-order valence-electron chi connectivity index (χ3n) is 1.49. The first kappa shape index (κ1) is 11.1. The molecule has 1 aromatic rings. The summed E-state index contributed by atoms with van der Waals surface area (Å²) < 4.78 is 5.10. The second kappa shape index (κ2) is 6.50. The third kappa shape index (κ3) is 4.34. The monoisotopic (exact) mass is 215 g/mol. The lowest BCUT2D eigenvalue weighted by Crippen LogP contribution is -2.27. The van der Waals surface area contributed by atoms with E-state index in [1.54, 1.807) is 6.26 Å². The molecule has 0 bridgehead atoms. The average molecular weight is 215 g/mol. The van der Waals surface area contributed by atoms with E-state index in [0.717, 1.165) is 5.76 Å². The Kier molecular flexibility index (Phi) is 5.17. The lowest BCUT2D eigenvalue weighted by molar-refractivity contribution is -0.118. The molecule has 1 heterocycles. The summed E-state index contributed by atoms with van der Waals surface area (Å²) in [5.74, 6) is 1.89. The van der Waals surface area contributed by atoms with Gasteiger partial charge >= 0.3 is 0 Å². The SMILES string of the molecule is O=C(CSCc1ccco1)NCCO. The molecule has 1 aromatic heterocycles. The van der Waals surface area contributed by atoms with Crippen LogP contribution >= 0.6 is 11.8 Å². The number of carbonyl (C=O) groups excluding carboxylic acids is 1. The molecular weight excluding hydrogens is 202 g/mol. The molecule has 0 radical (unpaired) electrons. The molecule has 0 saturated carbocycles. The molecule has 5 heteroatoms. The van der Waals surface area contributed by atoms with Crippen molar-refractivity contribution in [3.8, 4) is 0 Å². The van der Waals surface area contributed by atoms with Gasteiger partial charge in [-0.05, 0) is 12.1 Å². The van der Waals surface area contributed by atoms with Gasteiger partial charge in [-0.1, -0.05) is 0 Å². The zero-order chi connectivity index (χ0) is 10.2. The van der Waals surface area contributed by atoms with Crippen LogP contribution in [0, 0.1) is 0 Å². The van der Waals surface area contributed by atoms with Gasteiger partial charge in [0.25, 0.3) is 0 Å². The second-order valence-corrected chi connectivity index (χ2v) is 3.63. The molecule has 78 valence electrons. The van der Waals surface area contributed by atoms with Crippen LogP contribution in [0.25, 0.3) is 0 Å². The van der Waals surface area contributed by atoms with E-state index in [2.05, 4.69) is 5.32 Å². The molecule has 0 spiro atoms. The Morgan fingerprint density at radius 3 is 3.14 bits per heavy atom. The Labute approximate surface area is 86.7 Å². The van der Waals surface area contributed by atoms with Crippen molar-refractivity contribution in [1.82, 2.24) is 5.32 Å². The third-order valence-corrected chi connectivity index (χ3v) is 2.45. The van der Waals surface area contributed by atoms with Crippen LogP contribution in [0.2, 0.25) is 0 Å². The summed E-state index contributed by atoms with van der Waals surface area (Å²) in [6.45, 7) is 0.300. The molecule has 0 aliphatic heterocycles. The maximum Gasteiger partial charge on any atom is 0.230 e. The van der Waals surface area contributed by atoms with Crippen molar-refractivity contribution in [1.29, 1.82) is 0 Å². The predicted octanol–water partition coefficient (Wildman–Crippen LogP) is 0.621. The molecule has 0 aromatic carbocycles. The summed E-state index contributed by atoms with van der Waals surface area (Å²) >= 11 is 1.48. The minimum Gasteiger partial charge on any atom is -0.468 e. The average Bonchev–Trinajstić information content (AvgIpc) is 2.67. The number of hydrogen-bond acceptors (Lipinski definition) is 4. The summed E-state index contributed by atoms with van der Waals surface area (Å²) in [5.41, 5.74) is 0. The minimum absolute atomic E-state index is 0.0193. The first-order chi connectivity index (χ1) is 6.83. The topological polar surface area (TPSA) is 62.5 Å². The van der Waals surface area contributed by atoms with Crippen molar-refractivity contribution in [3.63, 3.8) is 0 Å². The van der Waals surface area contributed by atoms with Crippen molar-refractivity contribution < 1.29 is 14.3 Å². The summed E-state index contributed by atoms with van der Waals surface area (Å²) in [5, 5.41) is 11.0. The molecule has 2 N–H and O–H groups in total. The van der Waals surface area contributed by atoms with Crippen LogP contribution in [0.1, 0.15) is 5.76 Å². The van der Waals surface area contributed by atoms with E-state index in [1.807, 2.05) is 12.1 Å². The van der Waals surface area contributed by atoms with Crippen LogP contribution in [0.5, 0.6) is 0 Å². The van der Waals surface area contributed by atoms with E-state index >= 15 is 0 Å². The van der Waals surface area contributed by atoms with Gasteiger partial charge in [0.15, 0.2) is 0 Å². The molecule has 0 atom stereocenters. The zero-order valence-electron chi connectivity index (χ0n) is 7.73. The minimum atomic E-state index is -0.0596. The molecular formula is C9H13NO3S. The Bertz CT molecular complexity index is 261. The van der Waals surface area contributed by atoms with Crippen LogP contribution < -0.4 is 5.32 Å². The number of nitrogens with one attached hydrogen (secondary N) is 1. The van der Waals surface area contributed by atoms with Crippen LogP contribution in [0.4, 0.5) is 0 Å². The van der Waals surface area contributed by atoms with E-state index in [9.17, 15) is 4.79 Å². The van der Waals surface area contributed by atoms with Gasteiger partial charge in [-0.15, -0.1) is 11.8 Å². The van der Waals surface area contributed by atoms with Crippen molar-refractivity contribution in [2.75, 3.05) is 18.9 Å². The second-order valence-electron chi connectivity index (χ2n) is 2.65. The number of amides is 1. The number of hydrogen-bond donors (Lipinski definition) is 2. The van der Waals surface area contributed by atoms with Crippen LogP contribution in [0.15, 0.2) is 22.8 Å². The number of thioether (sulfide) groups is 1. The number of aliphatic hydroxyl groups is 1. The number of furan rings is 1. The van der Waals surface area contributed by atoms with Gasteiger partial charge in [0.05, 0.1) is 24.4 Å². The van der Waals surface area contributed by atoms with Crippen molar-refractivity contribution in [3.05, 3.63) is 24.2 Å². The number of rotatable bonds is 6. The number of carbonyl (C=O) groups is 1. The Morgan fingerprint density at radius 2 is 2.50 bits per heavy atom. The van der Waals surface area contributed by atoms with Crippen molar-refractivity contribution in [2.45, 2.75) is 5.75 Å². The van der Waals surface area contributed by atoms with Gasteiger partial charge in [-0.25, -0.2) is 0 Å². The van der Waals surface area contributed by atoms with Gasteiger partial charge in [0, 0.05) is 6.54 Å². The standard InChI is InChI=1S/C9H13NO3S/c11-4-3-10-9(12)7-14-6-8-2-1-5-13-8/h1-2,5,11H,3-4,6-7H2,(H,10,12). The maximum atomic E-state index is 11.1. The molecule has 0 aliphatic rings. The number of aliphatic hydroxyl groups excluding tert-OH is 1. The van der Waals surface area contributed by atoms with Gasteiger partial charge in [0.1, 0.15) is 5.76 Å². The molecule has 0 fully saturated rings. The molecule has 0 saturated heterocycles. The molecule has 0 unspecified atom stereocenters. The fourth-order valence-corrected chi connectivity index (χ4v) is 1.64. The highest BCUT2D eigenvalue weighted by molar-refractivity contribution is 7.99. The van der Waals surface area contributed by atoms with E-state index in [1.165, 1.54) is 11.8 Å². The summed E-state index contributed by atoms with van der Waals surface area (Å²) in [4.78, 5) is 11.1. The lowest BCUT2D eigenvalue weighted by Gasteiger charge is -2.01. The van der Waals surface area contributed by atoms with Crippen LogP contribution in [-0.4, -0.2) is 29.9 Å². The van der Waals surface area contributed by atoms with Crippen molar-refractivity contribution >= 4 is 17.7 Å². The van der Waals surface area contributed by atoms with E-state index in [4.69, 9.17) is 9.52 Å². The fourth-order valence-electron chi connectivity index (χ4n) is 0.885. The van der Waals surface area contributed by atoms with Gasteiger partial charge in [-0.2, -0.15) is 0 Å². The zero-order valence-corrected chi connectivity index (χ0v) is 8.55. The maximum absolute atomic E-state index is 11.1. The van der Waals surface area contributed by atoms with Crippen LogP contribution in [0.3, 0.4) is 0 Å². The summed E-state index contributed by atoms with van der Waals surface area (Å²) in [6, 6.07) is 3.69. The van der Waals surface area contributed by atoms with E-state index in [0.29, 0.717) is 18.1 Å². The molecule has 0 aliphatic carbocycles. The van der Waals surface area contributed by atoms with Crippen LogP contribution in [-0.2, 0) is 10.5 Å². The molecule has 14 heavy (non-hydrogen) atoms. The quantitative estimate of drug-likeness (QED) is 0.730. The normalized spacial score (nSPS) is 10.1. The molecule has 1 rings (SSSR count). The Morgan fingerprint density at radius 1 is 1.64 bits per heavy atom. The Balaban J connectivity index is 2.06. The molecule has 1 amide bonds. The lowest BCUT2D eigenvalue weighted by atomic mass is 10.5. The highest BCUT2D eigenvalue weighted by Gasteiger charge is 2.01. The van der Waals surface area contributed by atoms with Crippen molar-refractivity contribution in [2.24, 2.45) is 0 Å². The molecule has 4 nitrogen and oxygen atoms in total. The first-order valence-corrected chi connectivity index (χ1v) is 5.46. The highest BCUT2D eigenvalue weighted by Crippen LogP contribution is 2.11. The Hall–Kier alpha value is -0.940. The summed E-state index contributed by atoms with van der Waals surface area (Å²) in [7, 11) is 0. The highest BCUT2D eigenvalue weighted by atomic mass is 32.2.